The minimum absolute atomic E-state index is 0. The zero-order valence-corrected chi connectivity index (χ0v) is 20.2. The van der Waals surface area contributed by atoms with Gasteiger partial charge in [-0.05, 0) is 48.7 Å². The molecule has 3 rings (SSSR count). The number of benzene rings is 2. The molecule has 2 aromatic carbocycles. The van der Waals surface area contributed by atoms with Crippen molar-refractivity contribution in [1.29, 1.82) is 0 Å². The van der Waals surface area contributed by atoms with Crippen LogP contribution in [0.5, 0.6) is 0 Å². The third-order valence-corrected chi connectivity index (χ3v) is 5.24. The van der Waals surface area contributed by atoms with Gasteiger partial charge in [0.05, 0.1) is 23.5 Å². The van der Waals surface area contributed by atoms with E-state index in [1.165, 1.54) is 24.5 Å². The van der Waals surface area contributed by atoms with Crippen LogP contribution in [0.3, 0.4) is 0 Å². The van der Waals surface area contributed by atoms with Gasteiger partial charge in [0.15, 0.2) is 0 Å². The Balaban J connectivity index is 0.00000456. The van der Waals surface area contributed by atoms with Gasteiger partial charge in [-0.1, -0.05) is 29.8 Å². The van der Waals surface area contributed by atoms with Crippen molar-refractivity contribution in [1.82, 2.24) is 14.9 Å². The van der Waals surface area contributed by atoms with E-state index in [1.807, 2.05) is 0 Å². The molecule has 0 saturated heterocycles. The number of amides is 1. The van der Waals surface area contributed by atoms with Gasteiger partial charge in [0.2, 0.25) is 0 Å². The summed E-state index contributed by atoms with van der Waals surface area (Å²) in [6, 6.07) is 10.8. The second-order valence-electron chi connectivity index (χ2n) is 8.09. The largest absolute Gasteiger partial charge is 1.00 e. The number of carbonyl (C=O) groups is 3. The van der Waals surface area contributed by atoms with E-state index >= 15 is 0 Å². The van der Waals surface area contributed by atoms with Crippen molar-refractivity contribution >= 4 is 17.8 Å². The van der Waals surface area contributed by atoms with Crippen molar-refractivity contribution < 1.29 is 47.8 Å². The number of carboxylic acid groups (broad SMARTS) is 2. The number of nitrogens with zero attached hydrogens (tertiary/aromatic N) is 4. The summed E-state index contributed by atoms with van der Waals surface area (Å²) >= 11 is 0. The van der Waals surface area contributed by atoms with Gasteiger partial charge in [0.25, 0.3) is 0 Å². The predicted molar refractivity (Wildman–Crippen MR) is 124 cm³/mol. The molecule has 3 aromatic rings. The van der Waals surface area contributed by atoms with Gasteiger partial charge in [-0.15, -0.1) is 6.54 Å². The summed E-state index contributed by atoms with van der Waals surface area (Å²) < 4.78 is 13.4. The number of aryl methyl sites for hydroxylation is 2. The first-order valence-electron chi connectivity index (χ1n) is 10.7. The summed E-state index contributed by atoms with van der Waals surface area (Å²) in [5, 5.41) is 22.5. The molecular weight excluding hydrogens is 462 g/mol. The molecule has 0 atom stereocenters. The summed E-state index contributed by atoms with van der Waals surface area (Å²) in [6.07, 6.45) is 1.21. The average molecular weight is 486 g/mol. The van der Waals surface area contributed by atoms with E-state index in [0.29, 0.717) is 22.4 Å². The molecule has 9 nitrogen and oxygen atoms in total. The topological polar surface area (TPSA) is 135 Å². The molecule has 0 bridgehead atoms. The average Bonchev–Trinajstić information content (AvgIpc) is 2.79. The van der Waals surface area contributed by atoms with Gasteiger partial charge in [-0.2, -0.15) is 0 Å². The predicted octanol–water partition coefficient (Wildman–Crippen LogP) is 0.736. The fraction of sp³-hybridized carbons (Fsp3) is 0.240. The van der Waals surface area contributed by atoms with Crippen molar-refractivity contribution in [2.24, 2.45) is 0 Å². The van der Waals surface area contributed by atoms with Crippen molar-refractivity contribution in [3.8, 4) is 0 Å². The fourth-order valence-corrected chi connectivity index (χ4v) is 3.56. The molecule has 2 N–H and O–H groups in total. The Hall–Kier alpha value is -3.58. The first kappa shape index (κ1) is 28.7. The first-order valence-corrected chi connectivity index (χ1v) is 10.7. The van der Waals surface area contributed by atoms with Gasteiger partial charge in [-0.25, -0.2) is 19.2 Å². The van der Waals surface area contributed by atoms with Gasteiger partial charge in [-0.3, -0.25) is 9.69 Å². The molecule has 36 heavy (non-hydrogen) atoms. The van der Waals surface area contributed by atoms with Crippen LogP contribution in [0.1, 0.15) is 48.8 Å². The van der Waals surface area contributed by atoms with E-state index in [9.17, 15) is 29.0 Å². The number of rotatable bonds is 10. The maximum atomic E-state index is 13.4. The molecule has 1 heterocycles. The Bertz CT molecular complexity index is 1270. The molecule has 0 fully saturated rings. The smallest absolute Gasteiger partial charge is 0.644 e. The number of aromatic carboxylic acids is 1. The first-order chi connectivity index (χ1) is 16.6. The van der Waals surface area contributed by atoms with Crippen LogP contribution in [0.2, 0.25) is 0 Å². The Labute approximate surface area is 219 Å². The van der Waals surface area contributed by atoms with Crippen LogP contribution in [0.15, 0.2) is 48.8 Å². The number of hydrogen-bond donors (Lipinski definition) is 2. The molecule has 1 aromatic heterocycles. The molecule has 0 aliphatic heterocycles. The minimum Gasteiger partial charge on any atom is -0.644 e. The van der Waals surface area contributed by atoms with Crippen molar-refractivity contribution in [3.63, 3.8) is 0 Å². The SMILES string of the molecule is Cc1cc(C[N-]C(=O)c2cc(CN(CC(=O)O)Cc3ccc(C(=O)O)c(C)c3)ncn2)ccc1F.[Li+]. The summed E-state index contributed by atoms with van der Waals surface area (Å²) in [5.41, 5.74) is 3.12. The molecule has 0 aliphatic rings. The quantitative estimate of drug-likeness (QED) is 0.401. The van der Waals surface area contributed by atoms with E-state index < -0.39 is 17.8 Å². The summed E-state index contributed by atoms with van der Waals surface area (Å²) in [7, 11) is 0. The van der Waals surface area contributed by atoms with Crippen LogP contribution >= 0.6 is 0 Å². The Morgan fingerprint density at radius 1 is 0.944 bits per heavy atom. The Morgan fingerprint density at radius 2 is 1.64 bits per heavy atom. The number of halogens is 1. The summed E-state index contributed by atoms with van der Waals surface area (Å²) in [5.74, 6) is -2.98. The van der Waals surface area contributed by atoms with Gasteiger partial charge < -0.3 is 20.3 Å². The minimum atomic E-state index is -1.04. The van der Waals surface area contributed by atoms with Gasteiger partial charge in [0.1, 0.15) is 18.1 Å². The third-order valence-electron chi connectivity index (χ3n) is 5.24. The molecule has 1 amide bonds. The zero-order valence-electron chi connectivity index (χ0n) is 20.2. The van der Waals surface area contributed by atoms with Crippen LogP contribution in [0, 0.1) is 19.7 Å². The second kappa shape index (κ2) is 12.9. The number of aliphatic carboxylic acids is 1. The molecule has 0 aliphatic carbocycles. The Kier molecular flexibility index (Phi) is 10.3. The maximum Gasteiger partial charge on any atom is 1.00 e. The van der Waals surface area contributed by atoms with Crippen LogP contribution in [-0.4, -0.2) is 49.5 Å². The van der Waals surface area contributed by atoms with Crippen LogP contribution in [0.25, 0.3) is 5.32 Å². The van der Waals surface area contributed by atoms with E-state index in [1.54, 1.807) is 43.0 Å². The molecule has 0 radical (unpaired) electrons. The number of aromatic nitrogens is 2. The van der Waals surface area contributed by atoms with E-state index in [-0.39, 0.29) is 62.1 Å². The molecule has 0 spiro atoms. The number of carbonyl (C=O) groups excluding carboxylic acids is 1. The van der Waals surface area contributed by atoms with Crippen molar-refractivity contribution in [2.75, 3.05) is 6.54 Å². The maximum absolute atomic E-state index is 13.4. The second-order valence-corrected chi connectivity index (χ2v) is 8.09. The zero-order chi connectivity index (χ0) is 25.5. The van der Waals surface area contributed by atoms with E-state index in [0.717, 1.165) is 5.56 Å². The van der Waals surface area contributed by atoms with Crippen LogP contribution in [-0.2, 0) is 24.4 Å². The van der Waals surface area contributed by atoms with Crippen molar-refractivity contribution in [2.45, 2.75) is 33.5 Å². The normalized spacial score (nSPS) is 10.6. The monoisotopic (exact) mass is 486 g/mol. The third kappa shape index (κ3) is 7.98. The van der Waals surface area contributed by atoms with E-state index in [4.69, 9.17) is 0 Å². The van der Waals surface area contributed by atoms with Gasteiger partial charge in [0, 0.05) is 13.1 Å². The molecule has 182 valence electrons. The Morgan fingerprint density at radius 3 is 2.28 bits per heavy atom. The molecule has 0 unspecified atom stereocenters. The summed E-state index contributed by atoms with van der Waals surface area (Å²) in [6.45, 7) is 3.42. The van der Waals surface area contributed by atoms with Crippen LogP contribution < -0.4 is 18.9 Å². The molecular formula is C25H24FLiN4O5. The standard InChI is InChI=1S/C25H25FN4O5.Li/c1-15-7-18(3-5-20(15)25(34)35)11-30(13-23(31)32)12-19-9-22(29-14-28-19)24(33)27-10-17-4-6-21(26)16(2)8-17;/h3-9,14H,10-13H2,1-2H3,(H3,27,31,32,33,34,35);/q;+1/p-1. The van der Waals surface area contributed by atoms with Crippen LogP contribution in [0.4, 0.5) is 4.39 Å². The fourth-order valence-electron chi connectivity index (χ4n) is 3.56. The van der Waals surface area contributed by atoms with E-state index in [2.05, 4.69) is 15.3 Å². The summed E-state index contributed by atoms with van der Waals surface area (Å²) in [4.78, 5) is 44.9. The number of carboxylic acids is 2. The number of hydrogen-bond acceptors (Lipinski definition) is 6. The van der Waals surface area contributed by atoms with Gasteiger partial charge >= 0.3 is 30.8 Å². The molecule has 0 saturated carbocycles. The van der Waals surface area contributed by atoms with Crippen molar-refractivity contribution in [3.05, 3.63) is 99.1 Å². The molecule has 11 heteroatoms.